The number of fused-ring (bicyclic) bond motifs is 3. The molecule has 9 nitrogen and oxygen atoms in total. The van der Waals surface area contributed by atoms with Gasteiger partial charge < -0.3 is 19.9 Å². The van der Waals surface area contributed by atoms with Crippen LogP contribution in [-0.4, -0.2) is 68.8 Å². The second-order valence-corrected chi connectivity index (χ2v) is 7.30. The van der Waals surface area contributed by atoms with E-state index in [1.807, 2.05) is 11.9 Å². The first-order valence-electron chi connectivity index (χ1n) is 9.31. The summed E-state index contributed by atoms with van der Waals surface area (Å²) in [6.07, 6.45) is -4.88. The lowest BCUT2D eigenvalue weighted by molar-refractivity contribution is -0.138. The number of benzene rings is 1. The maximum absolute atomic E-state index is 13.8. The number of aromatic amines is 1. The lowest BCUT2D eigenvalue weighted by Gasteiger charge is -2.35. The van der Waals surface area contributed by atoms with E-state index < -0.39 is 23.3 Å². The van der Waals surface area contributed by atoms with Crippen molar-refractivity contribution in [3.8, 4) is 0 Å². The number of aryl methyl sites for hydroxylation is 1. The van der Waals surface area contributed by atoms with Crippen molar-refractivity contribution in [3.05, 3.63) is 33.9 Å². The number of alkyl halides is 3. The molecule has 2 N–H and O–H groups in total. The van der Waals surface area contributed by atoms with E-state index in [0.29, 0.717) is 26.2 Å². The Kier molecular flexibility index (Phi) is 4.88. The number of anilines is 1. The first kappa shape index (κ1) is 20.1. The monoisotopic (exact) mass is 424 g/mol. The largest absolute Gasteiger partial charge is 0.481 e. The lowest BCUT2D eigenvalue weighted by Crippen LogP contribution is -2.45. The van der Waals surface area contributed by atoms with E-state index >= 15 is 0 Å². The SMILES string of the molecule is CN1CCN(c2cc3c(cc2C(F)(F)F)[nH]c(=O)c2nnc(CCC(=O)O)n23)CC1. The fraction of sp³-hybridized carbons (Fsp3) is 0.444. The molecule has 30 heavy (non-hydrogen) atoms. The maximum Gasteiger partial charge on any atom is 0.418 e. The van der Waals surface area contributed by atoms with Crippen molar-refractivity contribution >= 4 is 28.3 Å². The van der Waals surface area contributed by atoms with E-state index in [4.69, 9.17) is 5.11 Å². The number of piperazine rings is 1. The number of carboxylic acid groups (broad SMARTS) is 1. The summed E-state index contributed by atoms with van der Waals surface area (Å²) in [6.45, 7) is 2.08. The van der Waals surface area contributed by atoms with Gasteiger partial charge in [-0.05, 0) is 19.2 Å². The number of aliphatic carboxylic acids is 1. The second-order valence-electron chi connectivity index (χ2n) is 7.30. The van der Waals surface area contributed by atoms with Gasteiger partial charge in [-0.25, -0.2) is 0 Å². The van der Waals surface area contributed by atoms with Gasteiger partial charge in [-0.2, -0.15) is 13.2 Å². The van der Waals surface area contributed by atoms with Crippen LogP contribution in [0.1, 0.15) is 17.8 Å². The number of rotatable bonds is 4. The molecule has 1 saturated heterocycles. The summed E-state index contributed by atoms with van der Waals surface area (Å²) in [5, 5.41) is 16.6. The van der Waals surface area contributed by atoms with Gasteiger partial charge in [-0.1, -0.05) is 0 Å². The number of carboxylic acids is 1. The van der Waals surface area contributed by atoms with Crippen molar-refractivity contribution in [1.29, 1.82) is 0 Å². The van der Waals surface area contributed by atoms with Gasteiger partial charge in [0, 0.05) is 32.6 Å². The molecule has 1 aromatic carbocycles. The summed E-state index contributed by atoms with van der Waals surface area (Å²) in [5.74, 6) is -0.856. The molecule has 12 heteroatoms. The summed E-state index contributed by atoms with van der Waals surface area (Å²) in [7, 11) is 1.91. The Morgan fingerprint density at radius 3 is 2.53 bits per heavy atom. The van der Waals surface area contributed by atoms with Crippen LogP contribution in [0.3, 0.4) is 0 Å². The molecule has 2 aromatic heterocycles. The molecule has 0 amide bonds. The lowest BCUT2D eigenvalue weighted by atomic mass is 10.1. The molecule has 4 rings (SSSR count). The molecule has 0 spiro atoms. The van der Waals surface area contributed by atoms with Crippen LogP contribution >= 0.6 is 0 Å². The smallest absolute Gasteiger partial charge is 0.418 e. The van der Waals surface area contributed by atoms with E-state index in [2.05, 4.69) is 15.2 Å². The number of nitrogens with zero attached hydrogens (tertiary/aromatic N) is 5. The maximum atomic E-state index is 13.8. The first-order chi connectivity index (χ1) is 14.1. The van der Waals surface area contributed by atoms with Crippen molar-refractivity contribution < 1.29 is 23.1 Å². The van der Waals surface area contributed by atoms with Crippen LogP contribution in [0.25, 0.3) is 16.7 Å². The van der Waals surface area contributed by atoms with Gasteiger partial charge in [0.2, 0.25) is 5.65 Å². The topological polar surface area (TPSA) is 107 Å². The number of nitrogens with one attached hydrogen (secondary N) is 1. The zero-order valence-electron chi connectivity index (χ0n) is 16.0. The zero-order chi connectivity index (χ0) is 21.6. The number of hydrogen-bond acceptors (Lipinski definition) is 6. The second kappa shape index (κ2) is 7.27. The van der Waals surface area contributed by atoms with Crippen molar-refractivity contribution in [1.82, 2.24) is 24.5 Å². The summed E-state index contributed by atoms with van der Waals surface area (Å²) < 4.78 is 42.8. The van der Waals surface area contributed by atoms with Gasteiger partial charge in [0.15, 0.2) is 0 Å². The molecule has 0 unspecified atom stereocenters. The highest BCUT2D eigenvalue weighted by Gasteiger charge is 2.36. The number of hydrogen-bond donors (Lipinski definition) is 2. The highest BCUT2D eigenvalue weighted by atomic mass is 19.4. The number of carbonyl (C=O) groups is 1. The van der Waals surface area contributed by atoms with Gasteiger partial charge in [0.1, 0.15) is 5.82 Å². The fourth-order valence-electron chi connectivity index (χ4n) is 3.67. The third-order valence-corrected chi connectivity index (χ3v) is 5.25. The zero-order valence-corrected chi connectivity index (χ0v) is 16.0. The number of aromatic nitrogens is 4. The van der Waals surface area contributed by atoms with Gasteiger partial charge in [-0.3, -0.25) is 14.0 Å². The van der Waals surface area contributed by atoms with E-state index in [9.17, 15) is 22.8 Å². The number of likely N-dealkylation sites (N-methyl/N-ethyl adjacent to an activating group) is 1. The Hall–Kier alpha value is -3.15. The number of halogens is 3. The van der Waals surface area contributed by atoms with Crippen molar-refractivity contribution in [3.63, 3.8) is 0 Å². The molecular weight excluding hydrogens is 405 g/mol. The fourth-order valence-corrected chi connectivity index (χ4v) is 3.67. The Morgan fingerprint density at radius 2 is 1.90 bits per heavy atom. The van der Waals surface area contributed by atoms with Crippen molar-refractivity contribution in [2.75, 3.05) is 38.1 Å². The minimum absolute atomic E-state index is 0.00864. The van der Waals surface area contributed by atoms with E-state index in [1.54, 1.807) is 4.90 Å². The summed E-state index contributed by atoms with van der Waals surface area (Å²) >= 11 is 0. The minimum atomic E-state index is -4.61. The van der Waals surface area contributed by atoms with E-state index in [-0.39, 0.29) is 41.0 Å². The summed E-state index contributed by atoms with van der Waals surface area (Å²) in [5.41, 5.74) is -1.35. The molecular formula is C18H19F3N6O3. The standard InChI is InChI=1S/C18H19F3N6O3/c1-25-4-6-26(7-5-25)12-9-13-11(8-10(12)18(19,20)21)22-17(30)16-24-23-14(27(13)16)2-3-15(28)29/h8-9H,2-7H2,1H3,(H,22,30)(H,28,29). The highest BCUT2D eigenvalue weighted by molar-refractivity contribution is 5.84. The Balaban J connectivity index is 1.96. The van der Waals surface area contributed by atoms with E-state index in [0.717, 1.165) is 6.07 Å². The first-order valence-corrected chi connectivity index (χ1v) is 9.31. The normalized spacial score (nSPS) is 15.9. The third kappa shape index (κ3) is 3.58. The average Bonchev–Trinajstić information content (AvgIpc) is 3.10. The molecule has 3 heterocycles. The Morgan fingerprint density at radius 1 is 1.20 bits per heavy atom. The highest BCUT2D eigenvalue weighted by Crippen LogP contribution is 2.39. The Labute approximate surface area is 167 Å². The molecule has 0 atom stereocenters. The van der Waals surface area contributed by atoms with Crippen LogP contribution in [0.15, 0.2) is 16.9 Å². The molecule has 1 fully saturated rings. The summed E-state index contributed by atoms with van der Waals surface area (Å²) in [4.78, 5) is 29.4. The third-order valence-electron chi connectivity index (χ3n) is 5.25. The van der Waals surface area contributed by atoms with Crippen molar-refractivity contribution in [2.45, 2.75) is 19.0 Å². The Bertz CT molecular complexity index is 1180. The molecule has 1 aliphatic rings. The summed E-state index contributed by atoms with van der Waals surface area (Å²) in [6, 6.07) is 2.30. The van der Waals surface area contributed by atoms with Crippen LogP contribution < -0.4 is 10.5 Å². The van der Waals surface area contributed by atoms with Crippen LogP contribution in [-0.2, 0) is 17.4 Å². The van der Waals surface area contributed by atoms with Crippen LogP contribution in [0.2, 0.25) is 0 Å². The number of H-pyrrole nitrogens is 1. The van der Waals surface area contributed by atoms with Gasteiger partial charge >= 0.3 is 12.1 Å². The molecule has 1 aliphatic heterocycles. The molecule has 160 valence electrons. The van der Waals surface area contributed by atoms with Gasteiger partial charge in [0.25, 0.3) is 5.56 Å². The molecule has 0 aliphatic carbocycles. The molecule has 0 radical (unpaired) electrons. The van der Waals surface area contributed by atoms with Crippen LogP contribution in [0, 0.1) is 0 Å². The van der Waals surface area contributed by atoms with E-state index in [1.165, 1.54) is 10.5 Å². The van der Waals surface area contributed by atoms with Gasteiger partial charge in [-0.15, -0.1) is 10.2 Å². The average molecular weight is 424 g/mol. The van der Waals surface area contributed by atoms with Crippen molar-refractivity contribution in [2.24, 2.45) is 0 Å². The van der Waals surface area contributed by atoms with Crippen LogP contribution in [0.5, 0.6) is 0 Å². The quantitative estimate of drug-likeness (QED) is 0.651. The minimum Gasteiger partial charge on any atom is -0.481 e. The van der Waals surface area contributed by atoms with Crippen LogP contribution in [0.4, 0.5) is 18.9 Å². The molecule has 0 saturated carbocycles. The molecule has 3 aromatic rings. The molecule has 0 bridgehead atoms. The van der Waals surface area contributed by atoms with Gasteiger partial charge in [0.05, 0.1) is 28.7 Å². The predicted molar refractivity (Wildman–Crippen MR) is 102 cm³/mol. The predicted octanol–water partition coefficient (Wildman–Crippen LogP) is 1.36.